The molecule has 0 amide bonds. The Hall–Kier alpha value is -0.260. The van der Waals surface area contributed by atoms with Crippen LogP contribution in [0.25, 0.3) is 0 Å². The molecule has 1 heterocycles. The molecule has 0 radical (unpaired) electrons. The van der Waals surface area contributed by atoms with E-state index in [9.17, 15) is 4.79 Å². The van der Waals surface area contributed by atoms with E-state index in [1.807, 2.05) is 0 Å². The topological polar surface area (TPSA) is 58.6 Å². The fraction of sp³-hybridized carbons (Fsp3) is 0.889. The molecule has 2 N–H and O–H groups in total. The number of methoxy groups -OCH3 is 1. The molecule has 4 nitrogen and oxygen atoms in total. The fourth-order valence-electron chi connectivity index (χ4n) is 1.94. The standard InChI is InChI=1S/C9H15NO3S/c1-13-5-9(6-2-3-6)10-7(4-14-9)8(11)12/h6-7,10H,2-5H2,1H3,(H,11,12). The zero-order valence-electron chi connectivity index (χ0n) is 8.16. The molecule has 2 atom stereocenters. The minimum atomic E-state index is -0.754. The number of carboxylic acids is 1. The van der Waals surface area contributed by atoms with Crippen LogP contribution < -0.4 is 5.32 Å². The van der Waals surface area contributed by atoms with Gasteiger partial charge in [0, 0.05) is 12.9 Å². The van der Waals surface area contributed by atoms with E-state index in [4.69, 9.17) is 9.84 Å². The molecule has 2 rings (SSSR count). The van der Waals surface area contributed by atoms with Gasteiger partial charge >= 0.3 is 5.97 Å². The smallest absolute Gasteiger partial charge is 0.321 e. The van der Waals surface area contributed by atoms with E-state index in [0.717, 1.165) is 0 Å². The highest BCUT2D eigenvalue weighted by Crippen LogP contribution is 2.49. The first-order valence-corrected chi connectivity index (χ1v) is 5.80. The predicted octanol–water partition coefficient (Wildman–Crippen LogP) is 0.529. The van der Waals surface area contributed by atoms with Gasteiger partial charge in [0.25, 0.3) is 0 Å². The van der Waals surface area contributed by atoms with E-state index in [-0.39, 0.29) is 4.87 Å². The number of aliphatic carboxylic acids is 1. The Morgan fingerprint density at radius 2 is 2.43 bits per heavy atom. The SMILES string of the molecule is COCC1(C2CC2)NC(C(=O)O)CS1. The molecule has 2 unspecified atom stereocenters. The van der Waals surface area contributed by atoms with Crippen molar-refractivity contribution in [1.82, 2.24) is 5.32 Å². The number of ether oxygens (including phenoxy) is 1. The molecule has 0 spiro atoms. The van der Waals surface area contributed by atoms with Crippen LogP contribution in [0.5, 0.6) is 0 Å². The summed E-state index contributed by atoms with van der Waals surface area (Å²) in [4.78, 5) is 10.7. The molecule has 1 saturated carbocycles. The Bertz CT molecular complexity index is 244. The third kappa shape index (κ3) is 1.76. The van der Waals surface area contributed by atoms with Crippen molar-refractivity contribution >= 4 is 17.7 Å². The summed E-state index contributed by atoms with van der Waals surface area (Å²) in [5, 5.41) is 12.1. The molecule has 5 heteroatoms. The molecule has 1 aliphatic carbocycles. The van der Waals surface area contributed by atoms with Crippen LogP contribution in [-0.4, -0.2) is 41.5 Å². The number of carboxylic acid groups (broad SMARTS) is 1. The van der Waals surface area contributed by atoms with Crippen molar-refractivity contribution in [2.24, 2.45) is 5.92 Å². The average molecular weight is 217 g/mol. The number of carbonyl (C=O) groups is 1. The van der Waals surface area contributed by atoms with Gasteiger partial charge < -0.3 is 9.84 Å². The number of nitrogens with one attached hydrogen (secondary N) is 1. The number of hydrogen-bond donors (Lipinski definition) is 2. The summed E-state index contributed by atoms with van der Waals surface area (Å²) >= 11 is 1.70. The first kappa shape index (κ1) is 10.3. The molecule has 1 aliphatic heterocycles. The van der Waals surface area contributed by atoms with Crippen molar-refractivity contribution in [3.8, 4) is 0 Å². The van der Waals surface area contributed by atoms with E-state index in [1.54, 1.807) is 18.9 Å². The van der Waals surface area contributed by atoms with Gasteiger partial charge in [-0.2, -0.15) is 0 Å². The molecular formula is C9H15NO3S. The maximum Gasteiger partial charge on any atom is 0.321 e. The molecule has 14 heavy (non-hydrogen) atoms. The third-order valence-corrected chi connectivity index (χ3v) is 4.40. The number of rotatable bonds is 4. The summed E-state index contributed by atoms with van der Waals surface area (Å²) in [6.07, 6.45) is 2.38. The van der Waals surface area contributed by atoms with Crippen LogP contribution >= 0.6 is 11.8 Å². The van der Waals surface area contributed by atoms with Gasteiger partial charge in [0.15, 0.2) is 0 Å². The van der Waals surface area contributed by atoms with E-state index in [1.165, 1.54) is 12.8 Å². The lowest BCUT2D eigenvalue weighted by atomic mass is 10.1. The Balaban J connectivity index is 2.03. The van der Waals surface area contributed by atoms with Crippen LogP contribution in [0.1, 0.15) is 12.8 Å². The zero-order chi connectivity index (χ0) is 10.2. The third-order valence-electron chi connectivity index (χ3n) is 2.82. The largest absolute Gasteiger partial charge is 0.480 e. The first-order chi connectivity index (χ1) is 6.68. The van der Waals surface area contributed by atoms with Crippen LogP contribution in [-0.2, 0) is 9.53 Å². The molecule has 80 valence electrons. The highest BCUT2D eigenvalue weighted by atomic mass is 32.2. The summed E-state index contributed by atoms with van der Waals surface area (Å²) in [6, 6.07) is -0.407. The van der Waals surface area contributed by atoms with Gasteiger partial charge in [-0.3, -0.25) is 10.1 Å². The summed E-state index contributed by atoms with van der Waals surface area (Å²) in [5.74, 6) is 0.489. The van der Waals surface area contributed by atoms with Gasteiger partial charge in [-0.1, -0.05) is 0 Å². The molecule has 2 aliphatic rings. The lowest BCUT2D eigenvalue weighted by molar-refractivity contribution is -0.139. The summed E-state index contributed by atoms with van der Waals surface area (Å²) in [5.41, 5.74) is 0. The van der Waals surface area contributed by atoms with Crippen molar-refractivity contribution in [1.29, 1.82) is 0 Å². The summed E-state index contributed by atoms with van der Waals surface area (Å²) in [6.45, 7) is 0.603. The Kier molecular flexibility index (Phi) is 2.72. The monoisotopic (exact) mass is 217 g/mol. The minimum absolute atomic E-state index is 0.127. The van der Waals surface area contributed by atoms with Crippen molar-refractivity contribution in [2.45, 2.75) is 23.8 Å². The fourth-order valence-corrected chi connectivity index (χ4v) is 3.53. The normalized spacial score (nSPS) is 37.4. The van der Waals surface area contributed by atoms with Gasteiger partial charge in [-0.25, -0.2) is 0 Å². The average Bonchev–Trinajstić information content (AvgIpc) is 2.90. The second kappa shape index (κ2) is 3.72. The van der Waals surface area contributed by atoms with Gasteiger partial charge in [0.2, 0.25) is 0 Å². The van der Waals surface area contributed by atoms with Crippen molar-refractivity contribution < 1.29 is 14.6 Å². The second-order valence-electron chi connectivity index (χ2n) is 3.94. The Morgan fingerprint density at radius 3 is 2.86 bits per heavy atom. The number of thioether (sulfide) groups is 1. The van der Waals surface area contributed by atoms with E-state index < -0.39 is 12.0 Å². The maximum atomic E-state index is 10.8. The highest BCUT2D eigenvalue weighted by molar-refractivity contribution is 8.01. The van der Waals surface area contributed by atoms with Gasteiger partial charge in [-0.05, 0) is 18.8 Å². The minimum Gasteiger partial charge on any atom is -0.480 e. The van der Waals surface area contributed by atoms with Crippen LogP contribution in [0.2, 0.25) is 0 Å². The lowest BCUT2D eigenvalue weighted by Crippen LogP contribution is -2.49. The first-order valence-electron chi connectivity index (χ1n) is 4.81. The quantitative estimate of drug-likeness (QED) is 0.719. The van der Waals surface area contributed by atoms with Crippen LogP contribution in [0.4, 0.5) is 0 Å². The molecular weight excluding hydrogens is 202 g/mol. The van der Waals surface area contributed by atoms with Crippen LogP contribution in [0.15, 0.2) is 0 Å². The zero-order valence-corrected chi connectivity index (χ0v) is 8.97. The van der Waals surface area contributed by atoms with Crippen molar-refractivity contribution in [3.05, 3.63) is 0 Å². The highest BCUT2D eigenvalue weighted by Gasteiger charge is 2.51. The molecule has 1 saturated heterocycles. The molecule has 0 aromatic rings. The Labute approximate surface area is 87.4 Å². The number of hydrogen-bond acceptors (Lipinski definition) is 4. The predicted molar refractivity (Wildman–Crippen MR) is 54.3 cm³/mol. The van der Waals surface area contributed by atoms with Crippen molar-refractivity contribution in [2.75, 3.05) is 19.5 Å². The van der Waals surface area contributed by atoms with E-state index >= 15 is 0 Å². The molecule has 0 aromatic heterocycles. The van der Waals surface area contributed by atoms with E-state index in [2.05, 4.69) is 5.32 Å². The second-order valence-corrected chi connectivity index (χ2v) is 5.29. The van der Waals surface area contributed by atoms with Gasteiger partial charge in [0.1, 0.15) is 6.04 Å². The van der Waals surface area contributed by atoms with E-state index in [0.29, 0.717) is 18.3 Å². The Morgan fingerprint density at radius 1 is 1.71 bits per heavy atom. The van der Waals surface area contributed by atoms with Gasteiger partial charge in [0.05, 0.1) is 11.5 Å². The molecule has 2 fully saturated rings. The molecule has 0 aromatic carbocycles. The summed E-state index contributed by atoms with van der Waals surface area (Å²) in [7, 11) is 1.67. The maximum absolute atomic E-state index is 10.8. The van der Waals surface area contributed by atoms with Gasteiger partial charge in [-0.15, -0.1) is 11.8 Å². The van der Waals surface area contributed by atoms with Crippen LogP contribution in [0, 0.1) is 5.92 Å². The summed E-state index contributed by atoms with van der Waals surface area (Å²) < 4.78 is 5.18. The molecule has 0 bridgehead atoms. The van der Waals surface area contributed by atoms with Crippen LogP contribution in [0.3, 0.4) is 0 Å². The van der Waals surface area contributed by atoms with Crippen molar-refractivity contribution in [3.63, 3.8) is 0 Å². The lowest BCUT2D eigenvalue weighted by Gasteiger charge is -2.28.